The van der Waals surface area contributed by atoms with E-state index in [0.29, 0.717) is 17.7 Å². The molecule has 1 atom stereocenters. The maximum absolute atomic E-state index is 12.9. The Morgan fingerprint density at radius 2 is 1.86 bits per heavy atom. The molecule has 1 aromatic heterocycles. The molecule has 0 bridgehead atoms. The highest BCUT2D eigenvalue weighted by Crippen LogP contribution is 2.19. The molecule has 6 heteroatoms. The molecule has 0 fully saturated rings. The third kappa shape index (κ3) is 4.65. The van der Waals surface area contributed by atoms with Crippen molar-refractivity contribution in [1.82, 2.24) is 15.1 Å². The molecule has 0 spiro atoms. The van der Waals surface area contributed by atoms with E-state index in [-0.39, 0.29) is 17.9 Å². The molecule has 3 aromatic rings. The average Bonchev–Trinajstić information content (AvgIpc) is 3.03. The van der Waals surface area contributed by atoms with Crippen LogP contribution in [0.25, 0.3) is 0 Å². The van der Waals surface area contributed by atoms with Gasteiger partial charge in [-0.05, 0) is 30.2 Å². The fourth-order valence-electron chi connectivity index (χ4n) is 3.10. The van der Waals surface area contributed by atoms with Gasteiger partial charge in [-0.1, -0.05) is 42.5 Å². The summed E-state index contributed by atoms with van der Waals surface area (Å²) in [6, 6.07) is 17.2. The number of benzene rings is 2. The number of aryl methyl sites for hydroxylation is 1. The van der Waals surface area contributed by atoms with E-state index in [1.807, 2.05) is 68.6 Å². The molecule has 0 saturated carbocycles. The summed E-state index contributed by atoms with van der Waals surface area (Å²) in [7, 11) is 1.84. The van der Waals surface area contributed by atoms with Crippen LogP contribution >= 0.6 is 0 Å². The van der Waals surface area contributed by atoms with Crippen molar-refractivity contribution >= 4 is 17.5 Å². The second-order valence-corrected chi connectivity index (χ2v) is 6.79. The first-order chi connectivity index (χ1) is 13.4. The molecular formula is C22H24N4O2. The van der Waals surface area contributed by atoms with Crippen LogP contribution in [0, 0.1) is 0 Å². The van der Waals surface area contributed by atoms with Gasteiger partial charge in [-0.25, -0.2) is 0 Å². The zero-order valence-corrected chi connectivity index (χ0v) is 16.3. The zero-order valence-electron chi connectivity index (χ0n) is 16.3. The topological polar surface area (TPSA) is 76.0 Å². The van der Waals surface area contributed by atoms with Crippen molar-refractivity contribution in [3.63, 3.8) is 0 Å². The monoisotopic (exact) mass is 376 g/mol. The second kappa shape index (κ2) is 8.52. The maximum Gasteiger partial charge on any atom is 0.255 e. The lowest BCUT2D eigenvalue weighted by molar-refractivity contribution is -0.114. The van der Waals surface area contributed by atoms with Crippen LogP contribution in [0.2, 0.25) is 0 Å². The number of nitrogens with one attached hydrogen (secondary N) is 2. The van der Waals surface area contributed by atoms with E-state index in [1.54, 1.807) is 10.9 Å². The number of amides is 2. The molecule has 144 valence electrons. The van der Waals surface area contributed by atoms with Crippen molar-refractivity contribution in [1.29, 1.82) is 0 Å². The SMILES string of the molecule is CC(=O)Nc1cccc(C(C)NC(=O)c2cnn(C)c2Cc2ccccc2)c1. The number of rotatable bonds is 6. The first-order valence-electron chi connectivity index (χ1n) is 9.17. The van der Waals surface area contributed by atoms with Crippen LogP contribution in [0.5, 0.6) is 0 Å². The Labute approximate surface area is 164 Å². The van der Waals surface area contributed by atoms with E-state index in [2.05, 4.69) is 15.7 Å². The lowest BCUT2D eigenvalue weighted by Crippen LogP contribution is -2.27. The summed E-state index contributed by atoms with van der Waals surface area (Å²) in [5.41, 5.74) is 4.17. The van der Waals surface area contributed by atoms with Crippen LogP contribution in [-0.2, 0) is 18.3 Å². The molecular weight excluding hydrogens is 352 g/mol. The van der Waals surface area contributed by atoms with E-state index in [0.717, 1.165) is 16.8 Å². The van der Waals surface area contributed by atoms with Crippen LogP contribution in [-0.4, -0.2) is 21.6 Å². The Morgan fingerprint density at radius 1 is 1.11 bits per heavy atom. The molecule has 28 heavy (non-hydrogen) atoms. The van der Waals surface area contributed by atoms with Crippen LogP contribution < -0.4 is 10.6 Å². The standard InChI is InChI=1S/C22H24N4O2/c1-15(18-10-7-11-19(13-18)25-16(2)27)24-22(28)20-14-23-26(3)21(20)12-17-8-5-4-6-9-17/h4-11,13-15H,12H2,1-3H3,(H,24,28)(H,25,27). The van der Waals surface area contributed by atoms with Gasteiger partial charge in [0.05, 0.1) is 23.5 Å². The highest BCUT2D eigenvalue weighted by Gasteiger charge is 2.19. The van der Waals surface area contributed by atoms with Crippen molar-refractivity contribution in [3.8, 4) is 0 Å². The highest BCUT2D eigenvalue weighted by atomic mass is 16.2. The Morgan fingerprint density at radius 3 is 2.57 bits per heavy atom. The minimum Gasteiger partial charge on any atom is -0.345 e. The first-order valence-corrected chi connectivity index (χ1v) is 9.17. The molecule has 0 aliphatic carbocycles. The van der Waals surface area contributed by atoms with Gasteiger partial charge in [-0.3, -0.25) is 14.3 Å². The van der Waals surface area contributed by atoms with Gasteiger partial charge in [0.25, 0.3) is 5.91 Å². The van der Waals surface area contributed by atoms with Crippen LogP contribution in [0.1, 0.15) is 47.1 Å². The van der Waals surface area contributed by atoms with Gasteiger partial charge in [0.1, 0.15) is 0 Å². The minimum absolute atomic E-state index is 0.130. The Hall–Kier alpha value is -3.41. The lowest BCUT2D eigenvalue weighted by Gasteiger charge is -2.16. The fourth-order valence-corrected chi connectivity index (χ4v) is 3.10. The smallest absolute Gasteiger partial charge is 0.255 e. The van der Waals surface area contributed by atoms with Gasteiger partial charge in [0.15, 0.2) is 0 Å². The molecule has 0 aliphatic rings. The predicted octanol–water partition coefficient (Wildman–Crippen LogP) is 3.46. The van der Waals surface area contributed by atoms with Crippen LogP contribution in [0.4, 0.5) is 5.69 Å². The van der Waals surface area contributed by atoms with Crippen molar-refractivity contribution in [2.24, 2.45) is 7.05 Å². The molecule has 2 amide bonds. The quantitative estimate of drug-likeness (QED) is 0.692. The molecule has 1 unspecified atom stereocenters. The number of carbonyl (C=O) groups excluding carboxylic acids is 2. The zero-order chi connectivity index (χ0) is 20.1. The minimum atomic E-state index is -0.217. The van der Waals surface area contributed by atoms with Crippen molar-refractivity contribution in [2.75, 3.05) is 5.32 Å². The van der Waals surface area contributed by atoms with Gasteiger partial charge in [-0.2, -0.15) is 5.10 Å². The van der Waals surface area contributed by atoms with Gasteiger partial charge in [0, 0.05) is 26.1 Å². The molecule has 0 saturated heterocycles. The Kier molecular flexibility index (Phi) is 5.89. The number of hydrogen-bond donors (Lipinski definition) is 2. The maximum atomic E-state index is 12.9. The average molecular weight is 376 g/mol. The number of aromatic nitrogens is 2. The van der Waals surface area contributed by atoms with Gasteiger partial charge in [-0.15, -0.1) is 0 Å². The summed E-state index contributed by atoms with van der Waals surface area (Å²) in [4.78, 5) is 24.1. The largest absolute Gasteiger partial charge is 0.345 e. The van der Waals surface area contributed by atoms with Gasteiger partial charge in [0.2, 0.25) is 5.91 Å². The number of hydrogen-bond acceptors (Lipinski definition) is 3. The summed E-state index contributed by atoms with van der Waals surface area (Å²) >= 11 is 0. The highest BCUT2D eigenvalue weighted by molar-refractivity contribution is 5.95. The molecule has 0 aliphatic heterocycles. The molecule has 3 rings (SSSR count). The second-order valence-electron chi connectivity index (χ2n) is 6.79. The summed E-state index contributed by atoms with van der Waals surface area (Å²) in [6.07, 6.45) is 2.24. The van der Waals surface area contributed by atoms with E-state index in [1.165, 1.54) is 6.92 Å². The van der Waals surface area contributed by atoms with E-state index in [4.69, 9.17) is 0 Å². The first kappa shape index (κ1) is 19.4. The Bertz CT molecular complexity index is 979. The van der Waals surface area contributed by atoms with E-state index < -0.39 is 0 Å². The summed E-state index contributed by atoms with van der Waals surface area (Å²) in [6.45, 7) is 3.38. The molecule has 0 radical (unpaired) electrons. The van der Waals surface area contributed by atoms with E-state index in [9.17, 15) is 9.59 Å². The molecule has 6 nitrogen and oxygen atoms in total. The number of carbonyl (C=O) groups is 2. The molecule has 2 N–H and O–H groups in total. The van der Waals surface area contributed by atoms with E-state index >= 15 is 0 Å². The van der Waals surface area contributed by atoms with Crippen LogP contribution in [0.15, 0.2) is 60.8 Å². The number of nitrogens with zero attached hydrogens (tertiary/aromatic N) is 2. The van der Waals surface area contributed by atoms with Crippen LogP contribution in [0.3, 0.4) is 0 Å². The van der Waals surface area contributed by atoms with Gasteiger partial charge < -0.3 is 10.6 Å². The van der Waals surface area contributed by atoms with Crippen molar-refractivity contribution in [2.45, 2.75) is 26.3 Å². The van der Waals surface area contributed by atoms with Gasteiger partial charge >= 0.3 is 0 Å². The normalized spacial score (nSPS) is 11.7. The summed E-state index contributed by atoms with van der Waals surface area (Å²) in [5, 5.41) is 10.1. The third-order valence-electron chi connectivity index (χ3n) is 4.58. The van der Waals surface area contributed by atoms with Crippen molar-refractivity contribution in [3.05, 3.63) is 83.2 Å². The number of anilines is 1. The summed E-state index contributed by atoms with van der Waals surface area (Å²) in [5.74, 6) is -0.300. The van der Waals surface area contributed by atoms with Crippen molar-refractivity contribution < 1.29 is 9.59 Å². The molecule has 1 heterocycles. The third-order valence-corrected chi connectivity index (χ3v) is 4.58. The molecule has 2 aromatic carbocycles. The lowest BCUT2D eigenvalue weighted by atomic mass is 10.0. The predicted molar refractivity (Wildman–Crippen MR) is 109 cm³/mol. The summed E-state index contributed by atoms with van der Waals surface area (Å²) < 4.78 is 1.74. The fraction of sp³-hybridized carbons (Fsp3) is 0.227. The Balaban J connectivity index is 1.75.